The zero-order valence-electron chi connectivity index (χ0n) is 16.2. The maximum absolute atomic E-state index is 13.0. The van der Waals surface area contributed by atoms with Crippen LogP contribution >= 0.6 is 0 Å². The number of morpholine rings is 1. The van der Waals surface area contributed by atoms with Crippen LogP contribution in [0, 0.1) is 5.92 Å². The molecule has 9 heteroatoms. The van der Waals surface area contributed by atoms with Crippen molar-refractivity contribution in [2.75, 3.05) is 13.1 Å². The lowest BCUT2D eigenvalue weighted by Crippen LogP contribution is -2.54. The molecule has 1 heterocycles. The van der Waals surface area contributed by atoms with Crippen molar-refractivity contribution in [3.05, 3.63) is 29.8 Å². The molecule has 1 aromatic carbocycles. The van der Waals surface area contributed by atoms with E-state index < -0.39 is 27.4 Å². The van der Waals surface area contributed by atoms with E-state index in [2.05, 4.69) is 5.32 Å². The predicted molar refractivity (Wildman–Crippen MR) is 101 cm³/mol. The van der Waals surface area contributed by atoms with Crippen LogP contribution in [-0.2, 0) is 19.6 Å². The SMILES string of the molecule is C[C@@H]1CN(S(=O)(=O)c2cccc(C(=O)N[C@@](C)(C(=O)O)C3CC3)c2)C[C@H](C)O1. The Morgan fingerprint density at radius 1 is 1.21 bits per heavy atom. The van der Waals surface area contributed by atoms with Gasteiger partial charge in [0.15, 0.2) is 0 Å². The molecule has 0 aromatic heterocycles. The molecule has 2 fully saturated rings. The second-order valence-electron chi connectivity index (χ2n) is 7.84. The molecule has 1 saturated carbocycles. The van der Waals surface area contributed by atoms with Gasteiger partial charge in [-0.25, -0.2) is 13.2 Å². The number of nitrogens with zero attached hydrogens (tertiary/aromatic N) is 1. The molecule has 2 N–H and O–H groups in total. The molecular formula is C19H26N2O6S. The lowest BCUT2D eigenvalue weighted by atomic mass is 9.95. The third-order valence-corrected chi connectivity index (χ3v) is 7.16. The van der Waals surface area contributed by atoms with Crippen LogP contribution < -0.4 is 5.32 Å². The van der Waals surface area contributed by atoms with Gasteiger partial charge < -0.3 is 15.2 Å². The first kappa shape index (κ1) is 20.8. The number of ether oxygens (including phenoxy) is 1. The molecule has 1 aliphatic heterocycles. The Bertz CT molecular complexity index is 872. The number of nitrogens with one attached hydrogen (secondary N) is 1. The second kappa shape index (κ2) is 7.46. The van der Waals surface area contributed by atoms with Gasteiger partial charge in [0.1, 0.15) is 5.54 Å². The molecule has 1 amide bonds. The zero-order chi connectivity index (χ0) is 20.7. The monoisotopic (exact) mass is 410 g/mol. The Morgan fingerprint density at radius 2 is 1.82 bits per heavy atom. The number of benzene rings is 1. The largest absolute Gasteiger partial charge is 0.480 e. The topological polar surface area (TPSA) is 113 Å². The molecule has 0 radical (unpaired) electrons. The smallest absolute Gasteiger partial charge is 0.329 e. The van der Waals surface area contributed by atoms with E-state index in [0.29, 0.717) is 0 Å². The Kier molecular flexibility index (Phi) is 5.53. The van der Waals surface area contributed by atoms with Crippen molar-refractivity contribution >= 4 is 21.9 Å². The fraction of sp³-hybridized carbons (Fsp3) is 0.579. The summed E-state index contributed by atoms with van der Waals surface area (Å²) >= 11 is 0. The number of hydrogen-bond donors (Lipinski definition) is 2. The lowest BCUT2D eigenvalue weighted by molar-refractivity contribution is -0.144. The summed E-state index contributed by atoms with van der Waals surface area (Å²) in [6.07, 6.45) is 1.04. The predicted octanol–water partition coefficient (Wildman–Crippen LogP) is 1.47. The maximum atomic E-state index is 13.0. The Balaban J connectivity index is 1.83. The highest BCUT2D eigenvalue weighted by Gasteiger charge is 2.48. The summed E-state index contributed by atoms with van der Waals surface area (Å²) in [4.78, 5) is 24.3. The van der Waals surface area contributed by atoms with Gasteiger partial charge >= 0.3 is 5.97 Å². The van der Waals surface area contributed by atoms with Crippen molar-refractivity contribution in [3.8, 4) is 0 Å². The van der Waals surface area contributed by atoms with E-state index in [-0.39, 0.29) is 41.7 Å². The normalized spacial score (nSPS) is 25.7. The number of aliphatic carboxylic acids is 1. The van der Waals surface area contributed by atoms with E-state index in [9.17, 15) is 23.1 Å². The average Bonchev–Trinajstić information content (AvgIpc) is 3.46. The average molecular weight is 410 g/mol. The highest BCUT2D eigenvalue weighted by atomic mass is 32.2. The number of carbonyl (C=O) groups is 2. The molecule has 3 rings (SSSR count). The Hall–Kier alpha value is -1.97. The lowest BCUT2D eigenvalue weighted by Gasteiger charge is -2.34. The number of carboxylic acids is 1. The van der Waals surface area contributed by atoms with E-state index in [0.717, 1.165) is 12.8 Å². The fourth-order valence-electron chi connectivity index (χ4n) is 3.57. The maximum Gasteiger partial charge on any atom is 0.329 e. The third kappa shape index (κ3) is 4.06. The van der Waals surface area contributed by atoms with Crippen LogP contribution in [0.15, 0.2) is 29.2 Å². The highest BCUT2D eigenvalue weighted by molar-refractivity contribution is 7.89. The van der Waals surface area contributed by atoms with Gasteiger partial charge in [-0.05, 0) is 57.7 Å². The first-order valence-electron chi connectivity index (χ1n) is 9.35. The molecule has 0 bridgehead atoms. The molecule has 1 aromatic rings. The van der Waals surface area contributed by atoms with E-state index in [1.54, 1.807) is 0 Å². The van der Waals surface area contributed by atoms with Crippen LogP contribution in [0.25, 0.3) is 0 Å². The molecule has 0 unspecified atom stereocenters. The summed E-state index contributed by atoms with van der Waals surface area (Å²) in [5.41, 5.74) is -1.25. The summed E-state index contributed by atoms with van der Waals surface area (Å²) in [5.74, 6) is -1.81. The van der Waals surface area contributed by atoms with E-state index in [1.807, 2.05) is 13.8 Å². The summed E-state index contributed by atoms with van der Waals surface area (Å²) in [6.45, 7) is 5.59. The van der Waals surface area contributed by atoms with Crippen molar-refractivity contribution in [2.24, 2.45) is 5.92 Å². The molecular weight excluding hydrogens is 384 g/mol. The summed E-state index contributed by atoms with van der Waals surface area (Å²) in [5, 5.41) is 12.1. The zero-order valence-corrected chi connectivity index (χ0v) is 17.0. The van der Waals surface area contributed by atoms with Crippen molar-refractivity contribution < 1.29 is 27.9 Å². The van der Waals surface area contributed by atoms with Crippen LogP contribution in [0.1, 0.15) is 44.0 Å². The number of hydrogen-bond acceptors (Lipinski definition) is 5. The Morgan fingerprint density at radius 3 is 2.36 bits per heavy atom. The summed E-state index contributed by atoms with van der Waals surface area (Å²) in [7, 11) is -3.79. The molecule has 28 heavy (non-hydrogen) atoms. The Labute approximate surface area is 164 Å². The molecule has 3 atom stereocenters. The second-order valence-corrected chi connectivity index (χ2v) is 9.78. The first-order chi connectivity index (χ1) is 13.0. The van der Waals surface area contributed by atoms with Gasteiger partial charge in [-0.15, -0.1) is 0 Å². The van der Waals surface area contributed by atoms with E-state index in [1.165, 1.54) is 35.5 Å². The van der Waals surface area contributed by atoms with Gasteiger partial charge in [-0.1, -0.05) is 6.07 Å². The third-order valence-electron chi connectivity index (χ3n) is 5.33. The molecule has 0 spiro atoms. The van der Waals surface area contributed by atoms with Gasteiger partial charge in [-0.2, -0.15) is 4.31 Å². The standard InChI is InChI=1S/C19H26N2O6S/c1-12-10-21(11-13(2)27-12)28(25,26)16-6-4-5-14(9-16)17(22)20-19(3,18(23)24)15-7-8-15/h4-6,9,12-13,15H,7-8,10-11H2,1-3H3,(H,20,22)(H,23,24)/t12-,13+,19-/m1/s1. The van der Waals surface area contributed by atoms with E-state index >= 15 is 0 Å². The minimum atomic E-state index is -3.79. The van der Waals surface area contributed by atoms with Gasteiger partial charge in [0.05, 0.1) is 17.1 Å². The van der Waals surface area contributed by atoms with Crippen LogP contribution in [0.2, 0.25) is 0 Å². The van der Waals surface area contributed by atoms with Gasteiger partial charge in [0.25, 0.3) is 5.91 Å². The highest BCUT2D eigenvalue weighted by Crippen LogP contribution is 2.40. The van der Waals surface area contributed by atoms with Gasteiger partial charge in [-0.3, -0.25) is 4.79 Å². The van der Waals surface area contributed by atoms with Crippen LogP contribution in [0.3, 0.4) is 0 Å². The van der Waals surface area contributed by atoms with E-state index in [4.69, 9.17) is 4.74 Å². The van der Waals surface area contributed by atoms with Crippen molar-refractivity contribution in [3.63, 3.8) is 0 Å². The van der Waals surface area contributed by atoms with Gasteiger partial charge in [0, 0.05) is 18.7 Å². The first-order valence-corrected chi connectivity index (χ1v) is 10.8. The number of amides is 1. The molecule has 1 saturated heterocycles. The van der Waals surface area contributed by atoms with Crippen molar-refractivity contribution in [2.45, 2.75) is 56.3 Å². The molecule has 154 valence electrons. The summed E-state index contributed by atoms with van der Waals surface area (Å²) < 4.78 is 33.0. The molecule has 8 nitrogen and oxygen atoms in total. The van der Waals surface area contributed by atoms with Crippen LogP contribution in [0.5, 0.6) is 0 Å². The quantitative estimate of drug-likeness (QED) is 0.734. The number of carboxylic acid groups (broad SMARTS) is 1. The fourth-order valence-corrected chi connectivity index (χ4v) is 5.21. The summed E-state index contributed by atoms with van der Waals surface area (Å²) in [6, 6.07) is 5.71. The van der Waals surface area contributed by atoms with Crippen molar-refractivity contribution in [1.29, 1.82) is 0 Å². The number of carbonyl (C=O) groups excluding carboxylic acids is 1. The molecule has 2 aliphatic rings. The number of sulfonamides is 1. The number of rotatable bonds is 6. The minimum Gasteiger partial charge on any atom is -0.480 e. The van der Waals surface area contributed by atoms with Crippen LogP contribution in [-0.4, -0.2) is 60.5 Å². The van der Waals surface area contributed by atoms with Crippen LogP contribution in [0.4, 0.5) is 0 Å². The van der Waals surface area contributed by atoms with Crippen molar-refractivity contribution in [1.82, 2.24) is 9.62 Å². The minimum absolute atomic E-state index is 0.00454. The van der Waals surface area contributed by atoms with Gasteiger partial charge in [0.2, 0.25) is 10.0 Å². The molecule has 1 aliphatic carbocycles.